The van der Waals surface area contributed by atoms with E-state index in [1.807, 2.05) is 24.0 Å². The molecule has 4 aromatic rings. The second kappa shape index (κ2) is 11.6. The lowest BCUT2D eigenvalue weighted by Gasteiger charge is -2.54. The number of aromatic nitrogens is 4. The van der Waals surface area contributed by atoms with Gasteiger partial charge in [-0.1, -0.05) is 12.6 Å². The maximum Gasteiger partial charge on any atom is 0.422 e. The molecule has 5 aliphatic rings. The zero-order chi connectivity index (χ0) is 34.4. The Hall–Kier alpha value is -4.39. The Labute approximate surface area is 287 Å². The lowest BCUT2D eigenvalue weighted by atomic mass is 9.72. The molecule has 0 unspecified atom stereocenters. The highest BCUT2D eigenvalue weighted by Crippen LogP contribution is 2.53. The summed E-state index contributed by atoms with van der Waals surface area (Å²) in [6, 6.07) is 6.03. The summed E-state index contributed by atoms with van der Waals surface area (Å²) in [5.41, 5.74) is 4.57. The van der Waals surface area contributed by atoms with E-state index in [0.717, 1.165) is 66.1 Å². The number of benzene rings is 2. The van der Waals surface area contributed by atoms with E-state index in [-0.39, 0.29) is 29.1 Å². The van der Waals surface area contributed by atoms with Crippen molar-refractivity contribution >= 4 is 39.5 Å². The van der Waals surface area contributed by atoms with Gasteiger partial charge in [0.15, 0.2) is 12.4 Å². The number of halogens is 3. The van der Waals surface area contributed by atoms with Gasteiger partial charge in [-0.25, -0.2) is 4.98 Å². The third kappa shape index (κ3) is 5.63. The number of likely N-dealkylation sites (tertiary alicyclic amines) is 1. The van der Waals surface area contributed by atoms with Crippen LogP contribution < -0.4 is 14.5 Å². The van der Waals surface area contributed by atoms with E-state index in [4.69, 9.17) is 19.4 Å². The summed E-state index contributed by atoms with van der Waals surface area (Å²) in [6.07, 6.45) is 4.74. The zero-order valence-electron chi connectivity index (χ0n) is 28.1. The van der Waals surface area contributed by atoms with Crippen LogP contribution in [0.2, 0.25) is 0 Å². The van der Waals surface area contributed by atoms with E-state index in [0.29, 0.717) is 73.6 Å². The number of piperidine rings is 1. The van der Waals surface area contributed by atoms with Gasteiger partial charge in [-0.2, -0.15) is 23.3 Å². The van der Waals surface area contributed by atoms with E-state index in [2.05, 4.69) is 32.6 Å². The van der Waals surface area contributed by atoms with Crippen molar-refractivity contribution in [2.24, 2.45) is 5.41 Å². The summed E-state index contributed by atoms with van der Waals surface area (Å²) in [6.45, 7) is 8.25. The van der Waals surface area contributed by atoms with Gasteiger partial charge in [-0.15, -0.1) is 0 Å². The number of ether oxygens (including phenoxy) is 2. The highest BCUT2D eigenvalue weighted by Gasteiger charge is 2.47. The Balaban J connectivity index is 1.19. The number of nitrogens with zero attached hydrogens (tertiary/aromatic N) is 6. The summed E-state index contributed by atoms with van der Waals surface area (Å²) in [4.78, 5) is 28.6. The molecule has 9 rings (SSSR count). The number of hydrogen-bond acceptors (Lipinski definition) is 8. The number of H-pyrrole nitrogens is 1. The number of alkyl halides is 3. The molecule has 50 heavy (non-hydrogen) atoms. The number of carbonyl (C=O) groups is 1. The molecule has 0 bridgehead atoms. The topological polar surface area (TPSA) is 99.7 Å². The molecule has 0 atom stereocenters. The van der Waals surface area contributed by atoms with E-state index >= 15 is 0 Å². The highest BCUT2D eigenvalue weighted by molar-refractivity contribution is 6.06. The van der Waals surface area contributed by atoms with Crippen molar-refractivity contribution in [2.75, 3.05) is 55.7 Å². The Morgan fingerprint density at radius 2 is 1.80 bits per heavy atom. The van der Waals surface area contributed by atoms with Crippen LogP contribution in [-0.2, 0) is 9.53 Å². The molecular weight excluding hydrogens is 647 g/mol. The van der Waals surface area contributed by atoms with Crippen LogP contribution in [0, 0.1) is 12.3 Å². The molecule has 0 radical (unpaired) electrons. The molecule has 3 aliphatic heterocycles. The van der Waals surface area contributed by atoms with E-state index in [9.17, 15) is 18.0 Å². The van der Waals surface area contributed by atoms with Crippen LogP contribution in [0.1, 0.15) is 55.6 Å². The number of fused-ring (bicyclic) bond motifs is 2. The van der Waals surface area contributed by atoms with Crippen molar-refractivity contribution in [3.63, 3.8) is 0 Å². The molecule has 1 spiro atoms. The summed E-state index contributed by atoms with van der Waals surface area (Å²) >= 11 is 0. The van der Waals surface area contributed by atoms with Gasteiger partial charge in [-0.05, 0) is 86.3 Å². The lowest BCUT2D eigenvalue weighted by Crippen LogP contribution is -2.61. The first kappa shape index (κ1) is 31.6. The van der Waals surface area contributed by atoms with Crippen molar-refractivity contribution in [1.82, 2.24) is 25.1 Å². The zero-order valence-corrected chi connectivity index (χ0v) is 28.1. The van der Waals surface area contributed by atoms with Crippen LogP contribution in [0.5, 0.6) is 5.75 Å². The first-order valence-corrected chi connectivity index (χ1v) is 17.7. The quantitative estimate of drug-likeness (QED) is 0.205. The number of aryl methyl sites for hydroxylation is 1. The molecule has 5 heterocycles. The average Bonchev–Trinajstić information content (AvgIpc) is 4.01. The van der Waals surface area contributed by atoms with Crippen LogP contribution in [0.3, 0.4) is 0 Å². The minimum atomic E-state index is -4.55. The van der Waals surface area contributed by atoms with Crippen LogP contribution in [0.4, 0.5) is 24.9 Å². The maximum absolute atomic E-state index is 14.0. The van der Waals surface area contributed by atoms with E-state index in [1.54, 1.807) is 6.20 Å². The van der Waals surface area contributed by atoms with Crippen molar-refractivity contribution < 1.29 is 27.4 Å². The standard InChI is InChI=1S/C37H40F3N7O3/c1-3-29(48)47-18-36(19-47)10-12-45(13-11-36)34-26-14-25(22-5-6-22)31(30-21(2)4-9-28-27(30)15-41-44-28)33(49-20-37(38,39)40)32(26)42-35(43-34)46-16-24(17-46)50-23-7-8-23/h3-4,9,14-15,22-24H,1,5-8,10-13,16-20H2,2H3,(H,41,44). The van der Waals surface area contributed by atoms with Crippen LogP contribution in [0.15, 0.2) is 37.1 Å². The number of aromatic amines is 1. The fourth-order valence-electron chi connectivity index (χ4n) is 8.06. The molecule has 2 saturated carbocycles. The third-order valence-corrected chi connectivity index (χ3v) is 11.1. The molecule has 1 N–H and O–H groups in total. The fourth-order valence-corrected chi connectivity index (χ4v) is 8.06. The Morgan fingerprint density at radius 1 is 1.04 bits per heavy atom. The minimum Gasteiger partial charge on any atom is -0.481 e. The number of carbonyl (C=O) groups excluding carboxylic acids is 1. The Bertz CT molecular complexity index is 2000. The van der Waals surface area contributed by atoms with Crippen molar-refractivity contribution in [1.29, 1.82) is 0 Å². The molecule has 2 aliphatic carbocycles. The Morgan fingerprint density at radius 3 is 2.48 bits per heavy atom. The van der Waals surface area contributed by atoms with Crippen LogP contribution in [-0.4, -0.2) is 95.2 Å². The first-order chi connectivity index (χ1) is 24.1. The average molecular weight is 688 g/mol. The SMILES string of the molecule is C=CC(=O)N1CC2(CCN(c3nc(N4CC(OC5CC5)C4)nc4c(OCC(F)(F)F)c(-c5c(C)ccc6[nH]ncc56)c(C5CC5)cc34)CC2)C1. The lowest BCUT2D eigenvalue weighted by molar-refractivity contribution is -0.153. The molecular formula is C37H40F3N7O3. The molecule has 3 saturated heterocycles. The smallest absolute Gasteiger partial charge is 0.422 e. The summed E-state index contributed by atoms with van der Waals surface area (Å²) in [7, 11) is 0. The van der Waals surface area contributed by atoms with E-state index in [1.165, 1.54) is 6.08 Å². The fraction of sp³-hybridized carbons (Fsp3) is 0.514. The molecule has 2 aromatic carbocycles. The molecule has 2 aromatic heterocycles. The van der Waals surface area contributed by atoms with Gasteiger partial charge in [-0.3, -0.25) is 9.89 Å². The monoisotopic (exact) mass is 687 g/mol. The van der Waals surface area contributed by atoms with Crippen LogP contribution in [0.25, 0.3) is 32.9 Å². The molecule has 1 amide bonds. The van der Waals surface area contributed by atoms with Gasteiger partial charge in [0.1, 0.15) is 11.3 Å². The number of hydrogen-bond donors (Lipinski definition) is 1. The normalized spacial score (nSPS) is 20.8. The van der Waals surface area contributed by atoms with Gasteiger partial charge in [0.2, 0.25) is 11.9 Å². The first-order valence-electron chi connectivity index (χ1n) is 17.7. The van der Waals surface area contributed by atoms with Gasteiger partial charge >= 0.3 is 6.18 Å². The molecule has 10 nitrogen and oxygen atoms in total. The number of anilines is 2. The second-order valence-electron chi connectivity index (χ2n) is 14.9. The van der Waals surface area contributed by atoms with Crippen molar-refractivity contribution in [2.45, 2.75) is 69.8 Å². The van der Waals surface area contributed by atoms with Gasteiger partial charge in [0, 0.05) is 61.0 Å². The molecule has 262 valence electrons. The predicted molar refractivity (Wildman–Crippen MR) is 184 cm³/mol. The maximum atomic E-state index is 14.0. The van der Waals surface area contributed by atoms with Crippen LogP contribution >= 0.6 is 0 Å². The molecule has 13 heteroatoms. The largest absolute Gasteiger partial charge is 0.481 e. The number of amides is 1. The summed E-state index contributed by atoms with van der Waals surface area (Å²) < 4.78 is 54.1. The van der Waals surface area contributed by atoms with Gasteiger partial charge in [0.05, 0.1) is 23.9 Å². The van der Waals surface area contributed by atoms with Crippen molar-refractivity contribution in [3.8, 4) is 16.9 Å². The second-order valence-corrected chi connectivity index (χ2v) is 14.9. The molecule has 5 fully saturated rings. The third-order valence-electron chi connectivity index (χ3n) is 11.1. The Kier molecular flexibility index (Phi) is 7.31. The van der Waals surface area contributed by atoms with Gasteiger partial charge < -0.3 is 24.2 Å². The predicted octanol–water partition coefficient (Wildman–Crippen LogP) is 6.28. The highest BCUT2D eigenvalue weighted by atomic mass is 19.4. The van der Waals surface area contributed by atoms with E-state index < -0.39 is 12.8 Å². The summed E-state index contributed by atoms with van der Waals surface area (Å²) in [5.74, 6) is 1.46. The number of nitrogens with one attached hydrogen (secondary N) is 1. The summed E-state index contributed by atoms with van der Waals surface area (Å²) in [5, 5.41) is 8.83. The minimum absolute atomic E-state index is 0.0425. The number of rotatable bonds is 9. The van der Waals surface area contributed by atoms with Gasteiger partial charge in [0.25, 0.3) is 0 Å². The van der Waals surface area contributed by atoms with Crippen molar-refractivity contribution in [3.05, 3.63) is 48.2 Å².